The number of benzene rings is 1. The molecule has 0 spiro atoms. The van der Waals surface area contributed by atoms with E-state index in [1.807, 2.05) is 13.0 Å². The number of carbonyl (C=O) groups excluding carboxylic acids is 1. The van der Waals surface area contributed by atoms with Crippen molar-refractivity contribution in [3.8, 4) is 0 Å². The molecular weight excluding hydrogens is 352 g/mol. The van der Waals surface area contributed by atoms with E-state index >= 15 is 0 Å². The number of ether oxygens (including phenoxy) is 1. The number of carbonyl (C=O) groups is 1. The molecule has 1 rings (SSSR count). The van der Waals surface area contributed by atoms with Gasteiger partial charge in [0.05, 0.1) is 18.4 Å². The molecule has 0 bridgehead atoms. The first-order chi connectivity index (χ1) is 7.99. The number of hydrogen-bond acceptors (Lipinski definition) is 4. The second-order valence-electron chi connectivity index (χ2n) is 3.58. The van der Waals surface area contributed by atoms with Crippen LogP contribution in [0.5, 0.6) is 0 Å². The number of esters is 1. The van der Waals surface area contributed by atoms with Crippen molar-refractivity contribution in [1.82, 2.24) is 0 Å². The molecule has 0 heterocycles. The molecule has 0 aromatic heterocycles. The molecular formula is C11H14Br2N2O2. The standard InChI is InChI=1S/C11H14Br2N2O2/c1-6(5-14)15-10-8(11(16)17-2)3-7(12)4-9(10)13/h3-4,6,15H,5,14H2,1-2H3. The van der Waals surface area contributed by atoms with Crippen molar-refractivity contribution >= 4 is 43.5 Å². The third kappa shape index (κ3) is 3.69. The van der Waals surface area contributed by atoms with Gasteiger partial charge in [-0.25, -0.2) is 4.79 Å². The fourth-order valence-electron chi connectivity index (χ4n) is 1.30. The van der Waals surface area contributed by atoms with Crippen molar-refractivity contribution in [2.24, 2.45) is 5.73 Å². The predicted molar refractivity (Wildman–Crippen MR) is 75.3 cm³/mol. The molecule has 0 saturated heterocycles. The Morgan fingerprint density at radius 3 is 2.71 bits per heavy atom. The van der Waals surface area contributed by atoms with E-state index in [0.717, 1.165) is 8.95 Å². The van der Waals surface area contributed by atoms with Gasteiger partial charge in [0.1, 0.15) is 0 Å². The van der Waals surface area contributed by atoms with Crippen molar-refractivity contribution in [2.45, 2.75) is 13.0 Å². The van der Waals surface area contributed by atoms with Crippen LogP contribution in [0, 0.1) is 0 Å². The monoisotopic (exact) mass is 364 g/mol. The van der Waals surface area contributed by atoms with Gasteiger partial charge in [-0.15, -0.1) is 0 Å². The molecule has 1 aromatic rings. The SMILES string of the molecule is COC(=O)c1cc(Br)cc(Br)c1NC(C)CN. The first kappa shape index (κ1) is 14.5. The van der Waals surface area contributed by atoms with Crippen LogP contribution in [0.4, 0.5) is 5.69 Å². The number of rotatable bonds is 4. The summed E-state index contributed by atoms with van der Waals surface area (Å²) < 4.78 is 6.34. The fourth-order valence-corrected chi connectivity index (χ4v) is 2.64. The van der Waals surface area contributed by atoms with Crippen LogP contribution in [0.25, 0.3) is 0 Å². The number of nitrogens with two attached hydrogens (primary N) is 1. The van der Waals surface area contributed by atoms with E-state index in [4.69, 9.17) is 10.5 Å². The third-order valence-electron chi connectivity index (χ3n) is 2.20. The molecule has 0 aliphatic carbocycles. The molecule has 1 unspecified atom stereocenters. The molecule has 0 amide bonds. The van der Waals surface area contributed by atoms with Crippen LogP contribution in [0.1, 0.15) is 17.3 Å². The van der Waals surface area contributed by atoms with E-state index in [2.05, 4.69) is 37.2 Å². The summed E-state index contributed by atoms with van der Waals surface area (Å²) in [6, 6.07) is 3.64. The van der Waals surface area contributed by atoms with Crippen molar-refractivity contribution in [3.05, 3.63) is 26.6 Å². The quantitative estimate of drug-likeness (QED) is 0.805. The van der Waals surface area contributed by atoms with Crippen molar-refractivity contribution in [3.63, 3.8) is 0 Å². The van der Waals surface area contributed by atoms with Gasteiger partial charge in [-0.05, 0) is 35.0 Å². The zero-order valence-corrected chi connectivity index (χ0v) is 12.8. The molecule has 17 heavy (non-hydrogen) atoms. The summed E-state index contributed by atoms with van der Waals surface area (Å²) in [6.07, 6.45) is 0. The molecule has 0 aliphatic rings. The van der Waals surface area contributed by atoms with Gasteiger partial charge in [0.2, 0.25) is 0 Å². The summed E-state index contributed by atoms with van der Waals surface area (Å²) in [5, 5.41) is 3.18. The molecule has 0 fully saturated rings. The van der Waals surface area contributed by atoms with Gasteiger partial charge in [-0.1, -0.05) is 15.9 Å². The van der Waals surface area contributed by atoms with Crippen LogP contribution in [0.15, 0.2) is 21.1 Å². The molecule has 0 aliphatic heterocycles. The van der Waals surface area contributed by atoms with E-state index < -0.39 is 5.97 Å². The maximum Gasteiger partial charge on any atom is 0.340 e. The zero-order valence-electron chi connectivity index (χ0n) is 9.59. The van der Waals surface area contributed by atoms with Gasteiger partial charge in [-0.3, -0.25) is 0 Å². The first-order valence-electron chi connectivity index (χ1n) is 5.03. The van der Waals surface area contributed by atoms with E-state index in [-0.39, 0.29) is 6.04 Å². The van der Waals surface area contributed by atoms with Crippen LogP contribution in [0.3, 0.4) is 0 Å². The van der Waals surface area contributed by atoms with Gasteiger partial charge < -0.3 is 15.8 Å². The maximum absolute atomic E-state index is 11.7. The van der Waals surface area contributed by atoms with Gasteiger partial charge in [-0.2, -0.15) is 0 Å². The van der Waals surface area contributed by atoms with Crippen molar-refractivity contribution < 1.29 is 9.53 Å². The first-order valence-corrected chi connectivity index (χ1v) is 6.62. The second kappa shape index (κ2) is 6.37. The normalized spacial score (nSPS) is 12.1. The molecule has 6 heteroatoms. The van der Waals surface area contributed by atoms with Crippen LogP contribution < -0.4 is 11.1 Å². The minimum atomic E-state index is -0.390. The molecule has 0 saturated carbocycles. The Morgan fingerprint density at radius 1 is 1.53 bits per heavy atom. The van der Waals surface area contributed by atoms with Gasteiger partial charge in [0, 0.05) is 21.5 Å². The highest BCUT2D eigenvalue weighted by molar-refractivity contribution is 9.11. The average molecular weight is 366 g/mol. The third-order valence-corrected chi connectivity index (χ3v) is 3.29. The van der Waals surface area contributed by atoms with Crippen LogP contribution in [0.2, 0.25) is 0 Å². The Bertz CT molecular complexity index is 424. The summed E-state index contributed by atoms with van der Waals surface area (Å²) in [7, 11) is 1.35. The average Bonchev–Trinajstić information content (AvgIpc) is 2.30. The lowest BCUT2D eigenvalue weighted by atomic mass is 10.1. The summed E-state index contributed by atoms with van der Waals surface area (Å²) in [5.41, 5.74) is 6.71. The van der Waals surface area contributed by atoms with E-state index in [0.29, 0.717) is 17.8 Å². The molecule has 0 radical (unpaired) electrons. The maximum atomic E-state index is 11.7. The summed E-state index contributed by atoms with van der Waals surface area (Å²) in [5.74, 6) is -0.390. The summed E-state index contributed by atoms with van der Waals surface area (Å²) >= 11 is 6.75. The molecule has 1 atom stereocenters. The summed E-state index contributed by atoms with van der Waals surface area (Å²) in [6.45, 7) is 2.42. The fraction of sp³-hybridized carbons (Fsp3) is 0.364. The Balaban J connectivity index is 3.20. The number of hydrogen-bond donors (Lipinski definition) is 2. The highest BCUT2D eigenvalue weighted by Crippen LogP contribution is 2.31. The predicted octanol–water partition coefficient (Wildman–Crippen LogP) is 2.76. The minimum absolute atomic E-state index is 0.0656. The topological polar surface area (TPSA) is 64.3 Å². The number of nitrogens with one attached hydrogen (secondary N) is 1. The van der Waals surface area contributed by atoms with Crippen LogP contribution in [-0.4, -0.2) is 25.7 Å². The smallest absolute Gasteiger partial charge is 0.340 e. The highest BCUT2D eigenvalue weighted by atomic mass is 79.9. The highest BCUT2D eigenvalue weighted by Gasteiger charge is 2.17. The van der Waals surface area contributed by atoms with E-state index in [1.54, 1.807) is 6.07 Å². The second-order valence-corrected chi connectivity index (χ2v) is 5.35. The number of anilines is 1. The molecule has 4 nitrogen and oxygen atoms in total. The Hall–Kier alpha value is -0.590. The Kier molecular flexibility index (Phi) is 5.42. The van der Waals surface area contributed by atoms with Crippen molar-refractivity contribution in [1.29, 1.82) is 0 Å². The van der Waals surface area contributed by atoms with Gasteiger partial charge in [0.15, 0.2) is 0 Å². The Labute approximate surface area is 117 Å². The molecule has 3 N–H and O–H groups in total. The summed E-state index contributed by atoms with van der Waals surface area (Å²) in [4.78, 5) is 11.7. The van der Waals surface area contributed by atoms with Crippen LogP contribution >= 0.6 is 31.9 Å². The van der Waals surface area contributed by atoms with Crippen molar-refractivity contribution in [2.75, 3.05) is 19.0 Å². The number of methoxy groups -OCH3 is 1. The lowest BCUT2D eigenvalue weighted by Gasteiger charge is -2.17. The van der Waals surface area contributed by atoms with E-state index in [1.165, 1.54) is 7.11 Å². The lowest BCUT2D eigenvalue weighted by Crippen LogP contribution is -2.26. The van der Waals surface area contributed by atoms with Gasteiger partial charge >= 0.3 is 5.97 Å². The zero-order chi connectivity index (χ0) is 13.0. The number of halogens is 2. The minimum Gasteiger partial charge on any atom is -0.465 e. The van der Waals surface area contributed by atoms with Crippen LogP contribution in [-0.2, 0) is 4.74 Å². The lowest BCUT2D eigenvalue weighted by molar-refractivity contribution is 0.0601. The Morgan fingerprint density at radius 2 is 2.18 bits per heavy atom. The van der Waals surface area contributed by atoms with E-state index in [9.17, 15) is 4.79 Å². The molecule has 94 valence electrons. The van der Waals surface area contributed by atoms with Gasteiger partial charge in [0.25, 0.3) is 0 Å². The largest absolute Gasteiger partial charge is 0.465 e. The molecule has 1 aromatic carbocycles.